The monoisotopic (exact) mass is 409 g/mol. The van der Waals surface area contributed by atoms with Crippen LogP contribution in [0.5, 0.6) is 0 Å². The van der Waals surface area contributed by atoms with E-state index in [0.717, 1.165) is 49.3 Å². The first kappa shape index (κ1) is 19.4. The molecule has 0 spiro atoms. The second-order valence-electron chi connectivity index (χ2n) is 7.01. The minimum Gasteiger partial charge on any atom is -0.451 e. The van der Waals surface area contributed by atoms with Crippen LogP contribution in [-0.4, -0.2) is 46.3 Å². The number of benzene rings is 1. The molecule has 4 rings (SSSR count). The molecule has 1 aromatic carbocycles. The van der Waals surface area contributed by atoms with Crippen LogP contribution in [0.15, 0.2) is 53.9 Å². The van der Waals surface area contributed by atoms with Gasteiger partial charge in [-0.05, 0) is 36.4 Å². The van der Waals surface area contributed by atoms with Crippen molar-refractivity contribution in [1.82, 2.24) is 14.7 Å². The number of likely N-dealkylation sites (tertiary alicyclic amines) is 1. The molecule has 0 atom stereocenters. The van der Waals surface area contributed by atoms with Gasteiger partial charge in [0.05, 0.1) is 10.6 Å². The summed E-state index contributed by atoms with van der Waals surface area (Å²) in [4.78, 5) is 28.1. The zero-order valence-electron chi connectivity index (χ0n) is 16.1. The summed E-state index contributed by atoms with van der Waals surface area (Å²) in [7, 11) is 0. The Hall–Kier alpha value is -2.93. The van der Waals surface area contributed by atoms with Crippen molar-refractivity contribution in [2.45, 2.75) is 25.7 Å². The van der Waals surface area contributed by atoms with Crippen molar-refractivity contribution in [3.8, 4) is 16.3 Å². The Labute approximate surface area is 173 Å². The van der Waals surface area contributed by atoms with Crippen LogP contribution in [-0.2, 0) is 9.53 Å². The van der Waals surface area contributed by atoms with Crippen molar-refractivity contribution in [2.24, 2.45) is 0 Å². The number of para-hydroxylation sites is 1. The molecule has 0 aliphatic carbocycles. The SMILES string of the molecule is O=C(OCC(=O)N1CCCCCC1)c1cc(-c2cccs2)nn1-c1ccccc1. The van der Waals surface area contributed by atoms with Gasteiger partial charge in [-0.25, -0.2) is 9.48 Å². The van der Waals surface area contributed by atoms with Crippen LogP contribution in [0.3, 0.4) is 0 Å². The first-order valence-electron chi connectivity index (χ1n) is 9.86. The molecule has 1 aliphatic heterocycles. The fourth-order valence-electron chi connectivity index (χ4n) is 3.45. The number of aromatic nitrogens is 2. The predicted molar refractivity (Wildman–Crippen MR) is 112 cm³/mol. The van der Waals surface area contributed by atoms with Gasteiger partial charge in [-0.3, -0.25) is 4.79 Å². The molecule has 29 heavy (non-hydrogen) atoms. The third-order valence-corrected chi connectivity index (χ3v) is 5.87. The van der Waals surface area contributed by atoms with Gasteiger partial charge in [-0.2, -0.15) is 5.10 Å². The molecule has 6 nitrogen and oxygen atoms in total. The number of hydrogen-bond donors (Lipinski definition) is 0. The van der Waals surface area contributed by atoms with Crippen molar-refractivity contribution in [3.05, 3.63) is 59.6 Å². The lowest BCUT2D eigenvalue weighted by Gasteiger charge is -2.19. The number of hydrogen-bond acceptors (Lipinski definition) is 5. The molecule has 3 aromatic rings. The maximum Gasteiger partial charge on any atom is 0.357 e. The average Bonchev–Trinajstić information content (AvgIpc) is 3.36. The van der Waals surface area contributed by atoms with Crippen LogP contribution < -0.4 is 0 Å². The van der Waals surface area contributed by atoms with Gasteiger partial charge in [0.25, 0.3) is 5.91 Å². The molecule has 0 bridgehead atoms. The topological polar surface area (TPSA) is 64.4 Å². The summed E-state index contributed by atoms with van der Waals surface area (Å²) in [6, 6.07) is 15.1. The normalized spacial score (nSPS) is 14.4. The Bertz CT molecular complexity index is 959. The van der Waals surface area contributed by atoms with Crippen molar-refractivity contribution in [3.63, 3.8) is 0 Å². The zero-order valence-corrected chi connectivity index (χ0v) is 16.9. The number of carbonyl (C=O) groups excluding carboxylic acids is 2. The number of nitrogens with zero attached hydrogens (tertiary/aromatic N) is 3. The third kappa shape index (κ3) is 4.56. The first-order chi connectivity index (χ1) is 14.2. The second-order valence-corrected chi connectivity index (χ2v) is 7.96. The largest absolute Gasteiger partial charge is 0.451 e. The summed E-state index contributed by atoms with van der Waals surface area (Å²) >= 11 is 1.56. The number of carbonyl (C=O) groups is 2. The molecule has 2 aromatic heterocycles. The summed E-state index contributed by atoms with van der Waals surface area (Å²) in [5, 5.41) is 6.57. The van der Waals surface area contributed by atoms with Gasteiger partial charge in [-0.1, -0.05) is 37.1 Å². The number of esters is 1. The van der Waals surface area contributed by atoms with E-state index in [-0.39, 0.29) is 12.5 Å². The van der Waals surface area contributed by atoms with Crippen LogP contribution >= 0.6 is 11.3 Å². The van der Waals surface area contributed by atoms with Crippen molar-refractivity contribution < 1.29 is 14.3 Å². The highest BCUT2D eigenvalue weighted by atomic mass is 32.1. The molecule has 0 radical (unpaired) electrons. The molecule has 1 aliphatic rings. The molecule has 1 saturated heterocycles. The number of amides is 1. The smallest absolute Gasteiger partial charge is 0.357 e. The molecular weight excluding hydrogens is 386 g/mol. The molecule has 150 valence electrons. The van der Waals surface area contributed by atoms with Gasteiger partial charge < -0.3 is 9.64 Å². The lowest BCUT2D eigenvalue weighted by molar-refractivity contribution is -0.134. The average molecular weight is 410 g/mol. The summed E-state index contributed by atoms with van der Waals surface area (Å²) in [6.07, 6.45) is 4.30. The maximum atomic E-state index is 12.8. The van der Waals surface area contributed by atoms with E-state index in [1.807, 2.05) is 47.8 Å². The predicted octanol–water partition coefficient (Wildman–Crippen LogP) is 4.16. The van der Waals surface area contributed by atoms with Crippen LogP contribution in [0.4, 0.5) is 0 Å². The summed E-state index contributed by atoms with van der Waals surface area (Å²) in [5.74, 6) is -0.683. The standard InChI is InChI=1S/C22H23N3O3S/c26-21(24-12-6-1-2-7-13-24)16-28-22(27)19-15-18(20-11-8-14-29-20)23-25(19)17-9-4-3-5-10-17/h3-5,8-11,14-15H,1-2,6-7,12-13,16H2. The fourth-order valence-corrected chi connectivity index (χ4v) is 4.13. The van der Waals surface area contributed by atoms with Gasteiger partial charge in [-0.15, -0.1) is 11.3 Å². The number of thiophene rings is 1. The molecule has 3 heterocycles. The minimum atomic E-state index is -0.549. The molecule has 1 amide bonds. The lowest BCUT2D eigenvalue weighted by Crippen LogP contribution is -2.35. The molecule has 0 saturated carbocycles. The van der Waals surface area contributed by atoms with E-state index in [0.29, 0.717) is 11.4 Å². The highest BCUT2D eigenvalue weighted by Gasteiger charge is 2.22. The van der Waals surface area contributed by atoms with Gasteiger partial charge in [0.2, 0.25) is 0 Å². The zero-order chi connectivity index (χ0) is 20.1. The van der Waals surface area contributed by atoms with E-state index in [2.05, 4.69) is 5.10 Å². The molecule has 0 N–H and O–H groups in total. The van der Waals surface area contributed by atoms with E-state index in [1.54, 1.807) is 27.0 Å². The molecule has 0 unspecified atom stereocenters. The Balaban J connectivity index is 1.53. The molecule has 7 heteroatoms. The summed E-state index contributed by atoms with van der Waals surface area (Å²) in [6.45, 7) is 1.23. The number of rotatable bonds is 5. The van der Waals surface area contributed by atoms with E-state index in [1.165, 1.54) is 0 Å². The van der Waals surface area contributed by atoms with Crippen LogP contribution in [0.25, 0.3) is 16.3 Å². The van der Waals surface area contributed by atoms with E-state index in [9.17, 15) is 9.59 Å². The highest BCUT2D eigenvalue weighted by molar-refractivity contribution is 7.13. The Kier molecular flexibility index (Phi) is 6.05. The van der Waals surface area contributed by atoms with E-state index < -0.39 is 5.97 Å². The van der Waals surface area contributed by atoms with E-state index >= 15 is 0 Å². The molecular formula is C22H23N3O3S. The Morgan fingerprint density at radius 3 is 2.45 bits per heavy atom. The van der Waals surface area contributed by atoms with Gasteiger partial charge >= 0.3 is 5.97 Å². The lowest BCUT2D eigenvalue weighted by atomic mass is 10.2. The van der Waals surface area contributed by atoms with Crippen molar-refractivity contribution in [2.75, 3.05) is 19.7 Å². The van der Waals surface area contributed by atoms with Crippen molar-refractivity contribution in [1.29, 1.82) is 0 Å². The maximum absolute atomic E-state index is 12.8. The summed E-state index contributed by atoms with van der Waals surface area (Å²) in [5.41, 5.74) is 1.78. The Morgan fingerprint density at radius 1 is 1.00 bits per heavy atom. The van der Waals surface area contributed by atoms with Crippen molar-refractivity contribution >= 4 is 23.2 Å². The molecule has 1 fully saturated rings. The number of ether oxygens (including phenoxy) is 1. The van der Waals surface area contributed by atoms with Crippen LogP contribution in [0, 0.1) is 0 Å². The van der Waals surface area contributed by atoms with Crippen LogP contribution in [0.1, 0.15) is 36.2 Å². The minimum absolute atomic E-state index is 0.135. The van der Waals surface area contributed by atoms with Crippen LogP contribution in [0.2, 0.25) is 0 Å². The highest BCUT2D eigenvalue weighted by Crippen LogP contribution is 2.26. The van der Waals surface area contributed by atoms with Gasteiger partial charge in [0.15, 0.2) is 12.3 Å². The summed E-state index contributed by atoms with van der Waals surface area (Å²) < 4.78 is 6.97. The van der Waals surface area contributed by atoms with Gasteiger partial charge in [0.1, 0.15) is 5.69 Å². The van der Waals surface area contributed by atoms with E-state index in [4.69, 9.17) is 4.74 Å². The quantitative estimate of drug-likeness (QED) is 0.594. The second kappa shape index (κ2) is 9.05. The van der Waals surface area contributed by atoms with Gasteiger partial charge in [0, 0.05) is 19.2 Å². The third-order valence-electron chi connectivity index (χ3n) is 4.98. The Morgan fingerprint density at radius 2 is 1.76 bits per heavy atom. The first-order valence-corrected chi connectivity index (χ1v) is 10.7. The fraction of sp³-hybridized carbons (Fsp3) is 0.318.